The monoisotopic (exact) mass is 339 g/mol. The predicted molar refractivity (Wildman–Crippen MR) is 89.0 cm³/mol. The molecule has 1 heterocycles. The van der Waals surface area contributed by atoms with Gasteiger partial charge >= 0.3 is 0 Å². The molecule has 1 atom stereocenters. The van der Waals surface area contributed by atoms with Crippen LogP contribution in [0.2, 0.25) is 0 Å². The lowest BCUT2D eigenvalue weighted by molar-refractivity contribution is -0.128. The Hall–Kier alpha value is -1.69. The number of hydrogen-bond donors (Lipinski definition) is 0. The zero-order valence-electron chi connectivity index (χ0n) is 13.4. The van der Waals surface area contributed by atoms with Gasteiger partial charge in [0.25, 0.3) is 0 Å². The molecule has 1 aliphatic rings. The fraction of sp³-hybridized carbons (Fsp3) is 0.471. The van der Waals surface area contributed by atoms with Crippen LogP contribution in [0.4, 0.5) is 4.39 Å². The quantitative estimate of drug-likeness (QED) is 0.775. The minimum Gasteiger partial charge on any atom is -0.335 e. The molecule has 23 heavy (non-hydrogen) atoms. The van der Waals surface area contributed by atoms with Crippen LogP contribution in [0.15, 0.2) is 30.3 Å². The van der Waals surface area contributed by atoms with E-state index >= 15 is 0 Å². The van der Waals surface area contributed by atoms with Crippen molar-refractivity contribution in [1.29, 1.82) is 0 Å². The summed E-state index contributed by atoms with van der Waals surface area (Å²) in [6.07, 6.45) is 3.55. The number of amides is 1. The minimum atomic E-state index is -3.04. The number of nitrogens with zero attached hydrogens (tertiary/aromatic N) is 1. The van der Waals surface area contributed by atoms with Crippen LogP contribution in [0.5, 0.6) is 0 Å². The van der Waals surface area contributed by atoms with Gasteiger partial charge in [0.1, 0.15) is 5.82 Å². The second kappa shape index (κ2) is 7.25. The van der Waals surface area contributed by atoms with E-state index in [4.69, 9.17) is 0 Å². The molecule has 1 saturated heterocycles. The molecule has 1 aromatic rings. The summed E-state index contributed by atoms with van der Waals surface area (Å²) in [5.74, 6) is -0.102. The van der Waals surface area contributed by atoms with Gasteiger partial charge in [-0.1, -0.05) is 26.0 Å². The Labute approximate surface area is 136 Å². The summed E-state index contributed by atoms with van der Waals surface area (Å²) in [5, 5.41) is 0. The zero-order chi connectivity index (χ0) is 17.0. The number of carbonyl (C=O) groups is 1. The number of sulfone groups is 1. The van der Waals surface area contributed by atoms with E-state index in [1.54, 1.807) is 23.1 Å². The lowest BCUT2D eigenvalue weighted by Crippen LogP contribution is -2.42. The van der Waals surface area contributed by atoms with Gasteiger partial charge in [-0.2, -0.15) is 0 Å². The largest absolute Gasteiger partial charge is 0.335 e. The molecule has 0 radical (unpaired) electrons. The molecular formula is C17H22FNO3S. The molecule has 0 aliphatic carbocycles. The summed E-state index contributed by atoms with van der Waals surface area (Å²) in [4.78, 5) is 14.1. The predicted octanol–water partition coefficient (Wildman–Crippen LogP) is 2.51. The van der Waals surface area contributed by atoms with Gasteiger partial charge in [-0.3, -0.25) is 4.79 Å². The van der Waals surface area contributed by atoms with E-state index in [0.29, 0.717) is 13.0 Å². The molecule has 126 valence electrons. The van der Waals surface area contributed by atoms with Crippen LogP contribution in [0, 0.1) is 11.7 Å². The SMILES string of the molecule is CC(C)CN(C(=O)/C=C/c1ccc(F)cc1)[C@H]1CCS(=O)(=O)C1. The van der Waals surface area contributed by atoms with E-state index in [1.165, 1.54) is 18.2 Å². The van der Waals surface area contributed by atoms with Crippen molar-refractivity contribution in [3.8, 4) is 0 Å². The second-order valence-electron chi connectivity index (χ2n) is 6.33. The molecule has 1 fully saturated rings. The lowest BCUT2D eigenvalue weighted by atomic mass is 10.1. The number of hydrogen-bond acceptors (Lipinski definition) is 3. The van der Waals surface area contributed by atoms with Crippen molar-refractivity contribution in [3.63, 3.8) is 0 Å². The van der Waals surface area contributed by atoms with E-state index in [-0.39, 0.29) is 35.2 Å². The van der Waals surface area contributed by atoms with Gasteiger partial charge in [-0.05, 0) is 36.1 Å². The maximum Gasteiger partial charge on any atom is 0.246 e. The van der Waals surface area contributed by atoms with Crippen LogP contribution in [-0.4, -0.2) is 43.3 Å². The number of rotatable bonds is 5. The first-order valence-corrected chi connectivity index (χ1v) is 9.53. The Balaban J connectivity index is 2.12. The first kappa shape index (κ1) is 17.7. The first-order valence-electron chi connectivity index (χ1n) is 7.71. The van der Waals surface area contributed by atoms with E-state index in [1.807, 2.05) is 13.8 Å². The van der Waals surface area contributed by atoms with Crippen molar-refractivity contribution >= 4 is 21.8 Å². The Morgan fingerprint density at radius 1 is 1.35 bits per heavy atom. The summed E-state index contributed by atoms with van der Waals surface area (Å²) in [7, 11) is -3.04. The Morgan fingerprint density at radius 3 is 2.52 bits per heavy atom. The first-order chi connectivity index (χ1) is 10.8. The highest BCUT2D eigenvalue weighted by molar-refractivity contribution is 7.91. The fourth-order valence-corrected chi connectivity index (χ4v) is 4.40. The van der Waals surface area contributed by atoms with Gasteiger partial charge < -0.3 is 4.90 Å². The smallest absolute Gasteiger partial charge is 0.246 e. The average Bonchev–Trinajstić information content (AvgIpc) is 2.83. The lowest BCUT2D eigenvalue weighted by Gasteiger charge is -2.28. The molecule has 4 nitrogen and oxygen atoms in total. The molecule has 1 aliphatic heterocycles. The van der Waals surface area contributed by atoms with Crippen LogP contribution in [0.25, 0.3) is 6.08 Å². The minimum absolute atomic E-state index is 0.0375. The maximum absolute atomic E-state index is 12.9. The standard InChI is InChI=1S/C17H22FNO3S/c1-13(2)11-19(16-9-10-23(21,22)12-16)17(20)8-5-14-3-6-15(18)7-4-14/h3-8,13,16H,9-12H2,1-2H3/b8-5+/t16-/m0/s1. The van der Waals surface area contributed by atoms with Gasteiger partial charge in [0.15, 0.2) is 9.84 Å². The molecule has 0 unspecified atom stereocenters. The van der Waals surface area contributed by atoms with Gasteiger partial charge in [-0.25, -0.2) is 12.8 Å². The molecule has 6 heteroatoms. The van der Waals surface area contributed by atoms with E-state index < -0.39 is 9.84 Å². The van der Waals surface area contributed by atoms with E-state index in [9.17, 15) is 17.6 Å². The molecule has 0 saturated carbocycles. The number of carbonyl (C=O) groups excluding carboxylic acids is 1. The van der Waals surface area contributed by atoms with E-state index in [0.717, 1.165) is 5.56 Å². The molecule has 1 amide bonds. The van der Waals surface area contributed by atoms with Crippen molar-refractivity contribution in [3.05, 3.63) is 41.7 Å². The van der Waals surface area contributed by atoms with Gasteiger partial charge in [0, 0.05) is 18.7 Å². The summed E-state index contributed by atoms with van der Waals surface area (Å²) < 4.78 is 36.2. The second-order valence-corrected chi connectivity index (χ2v) is 8.55. The Kier molecular flexibility index (Phi) is 5.57. The van der Waals surface area contributed by atoms with Crippen LogP contribution in [0.1, 0.15) is 25.8 Å². The third-order valence-corrected chi connectivity index (χ3v) is 5.53. The highest BCUT2D eigenvalue weighted by Gasteiger charge is 2.34. The topological polar surface area (TPSA) is 54.5 Å². The van der Waals surface area contributed by atoms with Crippen LogP contribution in [-0.2, 0) is 14.6 Å². The molecule has 0 bridgehead atoms. The van der Waals surface area contributed by atoms with Gasteiger partial charge in [0.2, 0.25) is 5.91 Å². The van der Waals surface area contributed by atoms with Crippen molar-refractivity contribution in [1.82, 2.24) is 4.90 Å². The van der Waals surface area contributed by atoms with E-state index in [2.05, 4.69) is 0 Å². The molecular weight excluding hydrogens is 317 g/mol. The van der Waals surface area contributed by atoms with Crippen LogP contribution >= 0.6 is 0 Å². The van der Waals surface area contributed by atoms with Crippen molar-refractivity contribution in [2.24, 2.45) is 5.92 Å². The van der Waals surface area contributed by atoms with Crippen LogP contribution < -0.4 is 0 Å². The number of halogens is 1. The third-order valence-electron chi connectivity index (χ3n) is 3.78. The molecule has 2 rings (SSSR count). The summed E-state index contributed by atoms with van der Waals surface area (Å²) >= 11 is 0. The molecule has 0 N–H and O–H groups in total. The Bertz CT molecular complexity index is 680. The van der Waals surface area contributed by atoms with Crippen molar-refractivity contribution < 1.29 is 17.6 Å². The zero-order valence-corrected chi connectivity index (χ0v) is 14.2. The van der Waals surface area contributed by atoms with Crippen molar-refractivity contribution in [2.45, 2.75) is 26.3 Å². The highest BCUT2D eigenvalue weighted by Crippen LogP contribution is 2.20. The normalized spacial score (nSPS) is 20.3. The highest BCUT2D eigenvalue weighted by atomic mass is 32.2. The van der Waals surface area contributed by atoms with Crippen LogP contribution in [0.3, 0.4) is 0 Å². The third kappa shape index (κ3) is 5.16. The summed E-state index contributed by atoms with van der Waals surface area (Å²) in [5.41, 5.74) is 0.725. The van der Waals surface area contributed by atoms with Gasteiger partial charge in [0.05, 0.1) is 11.5 Å². The summed E-state index contributed by atoms with van der Waals surface area (Å²) in [6, 6.07) is 5.59. The number of benzene rings is 1. The molecule has 0 aromatic heterocycles. The van der Waals surface area contributed by atoms with Crippen molar-refractivity contribution in [2.75, 3.05) is 18.1 Å². The maximum atomic E-state index is 12.9. The fourth-order valence-electron chi connectivity index (χ4n) is 2.67. The molecule has 0 spiro atoms. The van der Waals surface area contributed by atoms with Gasteiger partial charge in [-0.15, -0.1) is 0 Å². The molecule has 1 aromatic carbocycles. The average molecular weight is 339 g/mol. The summed E-state index contributed by atoms with van der Waals surface area (Å²) in [6.45, 7) is 4.51. The Morgan fingerprint density at radius 2 is 2.00 bits per heavy atom.